The van der Waals surface area contributed by atoms with E-state index in [4.69, 9.17) is 23.7 Å². The summed E-state index contributed by atoms with van der Waals surface area (Å²) in [5.41, 5.74) is 0. The maximum absolute atomic E-state index is 11.2. The van der Waals surface area contributed by atoms with Crippen molar-refractivity contribution < 1.29 is 85.0 Å². The van der Waals surface area contributed by atoms with E-state index >= 15 is 0 Å². The molecule has 17 heteroatoms. The van der Waals surface area contributed by atoms with Crippen LogP contribution in [0.15, 0.2) is 0 Å². The van der Waals surface area contributed by atoms with Crippen LogP contribution in [0.4, 0.5) is 0 Å². The van der Waals surface area contributed by atoms with Gasteiger partial charge < -0.3 is 85.0 Å². The summed E-state index contributed by atoms with van der Waals surface area (Å²) in [7, 11) is 0. The quantitative estimate of drug-likeness (QED) is 0.123. The summed E-state index contributed by atoms with van der Waals surface area (Å²) in [6.45, 7) is -1.31. The highest BCUT2D eigenvalue weighted by Crippen LogP contribution is 2.44. The molecule has 0 aromatic rings. The molecule has 3 aliphatic heterocycles. The van der Waals surface area contributed by atoms with Gasteiger partial charge in [-0.25, -0.2) is 0 Å². The Balaban J connectivity index is 1.33. The molecule has 0 amide bonds. The third-order valence-corrected chi connectivity index (χ3v) is 9.85. The molecule has 5 aliphatic rings. The van der Waals surface area contributed by atoms with E-state index in [1.807, 2.05) is 0 Å². The van der Waals surface area contributed by atoms with Crippen LogP contribution >= 0.6 is 0 Å². The normalized spacial score (nSPS) is 55.4. The fourth-order valence-corrected chi connectivity index (χ4v) is 7.28. The van der Waals surface area contributed by atoms with Crippen LogP contribution in [0.25, 0.3) is 0 Å². The molecule has 0 radical (unpaired) electrons. The van der Waals surface area contributed by atoms with Gasteiger partial charge >= 0.3 is 0 Å². The largest absolute Gasteiger partial charge is 0.394 e. The summed E-state index contributed by atoms with van der Waals surface area (Å²) in [5, 5.41) is 123. The first-order valence-corrected chi connectivity index (χ1v) is 15.1. The van der Waals surface area contributed by atoms with Crippen molar-refractivity contribution in [2.24, 2.45) is 11.8 Å². The topological polar surface area (TPSA) is 289 Å². The maximum Gasteiger partial charge on any atom is 0.187 e. The lowest BCUT2D eigenvalue weighted by Crippen LogP contribution is -2.63. The minimum absolute atomic E-state index is 0.0160. The third kappa shape index (κ3) is 6.81. The van der Waals surface area contributed by atoms with E-state index in [1.54, 1.807) is 0 Å². The Morgan fingerprint density at radius 1 is 0.500 bits per heavy atom. The number of rotatable bonds is 7. The highest BCUT2D eigenvalue weighted by molar-refractivity contribution is 5.01. The lowest BCUT2D eigenvalue weighted by molar-refractivity contribution is -0.339. The molecule has 3 heterocycles. The van der Waals surface area contributed by atoms with Gasteiger partial charge in [0.15, 0.2) is 12.6 Å². The van der Waals surface area contributed by atoms with Gasteiger partial charge in [-0.15, -0.1) is 0 Å². The molecule has 0 aromatic heterocycles. The van der Waals surface area contributed by atoms with Crippen LogP contribution in [-0.4, -0.2) is 185 Å². The molecule has 256 valence electrons. The van der Waals surface area contributed by atoms with Crippen LogP contribution in [0.2, 0.25) is 0 Å². The van der Waals surface area contributed by atoms with Gasteiger partial charge in [-0.3, -0.25) is 0 Å². The smallest absolute Gasteiger partial charge is 0.187 e. The Labute approximate surface area is 252 Å². The zero-order valence-corrected chi connectivity index (χ0v) is 23.9. The molecular formula is C27H46O17. The van der Waals surface area contributed by atoms with E-state index in [-0.39, 0.29) is 32.1 Å². The minimum Gasteiger partial charge on any atom is -0.394 e. The zero-order chi connectivity index (χ0) is 32.0. The van der Waals surface area contributed by atoms with E-state index in [0.29, 0.717) is 0 Å². The summed E-state index contributed by atoms with van der Waals surface area (Å²) >= 11 is 0. The molecule has 44 heavy (non-hydrogen) atoms. The molecule has 12 N–H and O–H groups in total. The van der Waals surface area contributed by atoms with E-state index in [2.05, 4.69) is 0 Å². The fraction of sp³-hybridized carbons (Fsp3) is 1.00. The van der Waals surface area contributed by atoms with Crippen molar-refractivity contribution in [3.63, 3.8) is 0 Å². The van der Waals surface area contributed by atoms with Crippen molar-refractivity contribution in [2.45, 2.75) is 142 Å². The molecule has 0 aromatic carbocycles. The predicted molar refractivity (Wildman–Crippen MR) is 140 cm³/mol. The first kappa shape index (κ1) is 34.6. The van der Waals surface area contributed by atoms with Gasteiger partial charge in [-0.05, 0) is 25.2 Å². The van der Waals surface area contributed by atoms with Gasteiger partial charge in [-0.2, -0.15) is 0 Å². The Morgan fingerprint density at radius 3 is 1.55 bits per heavy atom. The van der Waals surface area contributed by atoms with Crippen LogP contribution in [0, 0.1) is 11.8 Å². The molecule has 5 rings (SSSR count). The monoisotopic (exact) mass is 642 g/mol. The number of aliphatic hydroxyl groups is 12. The Morgan fingerprint density at radius 2 is 1.02 bits per heavy atom. The minimum atomic E-state index is -1.71. The first-order valence-electron chi connectivity index (χ1n) is 15.1. The van der Waals surface area contributed by atoms with Gasteiger partial charge in [0.25, 0.3) is 0 Å². The Kier molecular flexibility index (Phi) is 11.2. The average molecular weight is 643 g/mol. The molecule has 0 spiro atoms. The number of aliphatic hydroxyl groups excluding tert-OH is 12. The van der Waals surface area contributed by atoms with Gasteiger partial charge in [0.05, 0.1) is 55.9 Å². The van der Waals surface area contributed by atoms with Gasteiger partial charge in [-0.1, -0.05) is 0 Å². The fourth-order valence-electron chi connectivity index (χ4n) is 7.28. The van der Waals surface area contributed by atoms with Gasteiger partial charge in [0.1, 0.15) is 54.9 Å². The molecule has 2 aliphatic carbocycles. The summed E-state index contributed by atoms with van der Waals surface area (Å²) in [4.78, 5) is 0. The second kappa shape index (κ2) is 14.2. The molecule has 0 bridgehead atoms. The van der Waals surface area contributed by atoms with E-state index in [1.165, 1.54) is 0 Å². The van der Waals surface area contributed by atoms with Crippen molar-refractivity contribution >= 4 is 0 Å². The summed E-state index contributed by atoms with van der Waals surface area (Å²) in [6.07, 6.45) is -23.1. The molecular weight excluding hydrogens is 596 g/mol. The highest BCUT2D eigenvalue weighted by atomic mass is 16.7. The summed E-state index contributed by atoms with van der Waals surface area (Å²) < 4.78 is 29.4. The van der Waals surface area contributed by atoms with E-state index in [9.17, 15) is 61.3 Å². The standard InChI is InChI=1S/C27H46O17/c28-6-16-19(34)21(36)23(38)26(43-16)40-9-3-11(30)10-5-15(42-27-24(39)22(37)20(35)17(7-29)44-27)25(41-14(10)4-9)8-1-12(31)18(33)13(32)2-8/h8-39H,1-7H2. The van der Waals surface area contributed by atoms with Crippen LogP contribution in [0.1, 0.15) is 32.1 Å². The number of ether oxygens (including phenoxy) is 5. The lowest BCUT2D eigenvalue weighted by Gasteiger charge is -2.52. The molecule has 18 unspecified atom stereocenters. The molecule has 3 saturated heterocycles. The second-order valence-corrected chi connectivity index (χ2v) is 12.8. The van der Waals surface area contributed by atoms with Crippen molar-refractivity contribution in [3.8, 4) is 0 Å². The third-order valence-electron chi connectivity index (χ3n) is 9.85. The van der Waals surface area contributed by atoms with Crippen LogP contribution in [0.5, 0.6) is 0 Å². The maximum atomic E-state index is 11.2. The van der Waals surface area contributed by atoms with Crippen LogP contribution < -0.4 is 0 Å². The Bertz CT molecular complexity index is 915. The Hall–Kier alpha value is -0.680. The number of hydrogen-bond acceptors (Lipinski definition) is 17. The predicted octanol–water partition coefficient (Wildman–Crippen LogP) is -6.22. The van der Waals surface area contributed by atoms with Gasteiger partial charge in [0.2, 0.25) is 0 Å². The molecule has 17 nitrogen and oxygen atoms in total. The van der Waals surface area contributed by atoms with Crippen molar-refractivity contribution in [1.82, 2.24) is 0 Å². The van der Waals surface area contributed by atoms with Crippen molar-refractivity contribution in [2.75, 3.05) is 13.2 Å². The number of hydrogen-bond donors (Lipinski definition) is 12. The highest BCUT2D eigenvalue weighted by Gasteiger charge is 2.54. The summed E-state index contributed by atoms with van der Waals surface area (Å²) in [5.74, 6) is -1.14. The molecule has 2 saturated carbocycles. The SMILES string of the molecule is OCC1OC(OC2CC(O)C3CC(OC4OC(CO)C(O)C(O)C4O)C(C4CC(O)C(O)C(O)C4)OC3C2)C(O)C(O)C1O. The van der Waals surface area contributed by atoms with E-state index in [0.717, 1.165) is 0 Å². The molecule has 5 fully saturated rings. The van der Waals surface area contributed by atoms with Crippen molar-refractivity contribution in [1.29, 1.82) is 0 Å². The average Bonchev–Trinajstić information content (AvgIpc) is 3.00. The number of fused-ring (bicyclic) bond motifs is 1. The summed E-state index contributed by atoms with van der Waals surface area (Å²) in [6, 6.07) is 0. The second-order valence-electron chi connectivity index (χ2n) is 12.8. The molecule has 18 atom stereocenters. The van der Waals surface area contributed by atoms with Crippen LogP contribution in [-0.2, 0) is 23.7 Å². The van der Waals surface area contributed by atoms with Crippen LogP contribution in [0.3, 0.4) is 0 Å². The van der Waals surface area contributed by atoms with Crippen molar-refractivity contribution in [3.05, 3.63) is 0 Å². The van der Waals surface area contributed by atoms with E-state index < -0.39 is 135 Å². The van der Waals surface area contributed by atoms with Gasteiger partial charge in [0, 0.05) is 18.8 Å². The lowest BCUT2D eigenvalue weighted by atomic mass is 9.72. The zero-order valence-electron chi connectivity index (χ0n) is 23.9. The first-order chi connectivity index (χ1) is 20.8.